The summed E-state index contributed by atoms with van der Waals surface area (Å²) in [5, 5.41) is 14.0. The van der Waals surface area contributed by atoms with E-state index in [9.17, 15) is 5.11 Å². The summed E-state index contributed by atoms with van der Waals surface area (Å²) in [4.78, 5) is 0. The largest absolute Gasteiger partial charge is 0.387 e. The highest BCUT2D eigenvalue weighted by atomic mass is 35.5. The Morgan fingerprint density at radius 2 is 2.11 bits per heavy atom. The Labute approximate surface area is 120 Å². The summed E-state index contributed by atoms with van der Waals surface area (Å²) in [7, 11) is 0. The molecule has 2 N–H and O–H groups in total. The maximum Gasteiger partial charge on any atom is 0.0914 e. The maximum atomic E-state index is 10.0. The van der Waals surface area contributed by atoms with Gasteiger partial charge in [0.25, 0.3) is 0 Å². The minimum atomic E-state index is -0.498. The predicted octanol–water partition coefficient (Wildman–Crippen LogP) is 3.09. The first-order valence-corrected chi connectivity index (χ1v) is 7.15. The van der Waals surface area contributed by atoms with Crippen LogP contribution in [0.1, 0.15) is 37.5 Å². The maximum absolute atomic E-state index is 10.0. The lowest BCUT2D eigenvalue weighted by molar-refractivity contribution is 0.0763. The van der Waals surface area contributed by atoms with E-state index in [1.54, 1.807) is 0 Å². The standard InChI is InChI=1S/C15H24ClNO2/c1-11(2)19-8-4-7-17-10-15(18)13-5-6-14(16)12(3)9-13/h5-6,9,11,15,17-18H,4,7-8,10H2,1-3H3. The van der Waals surface area contributed by atoms with Gasteiger partial charge < -0.3 is 15.2 Å². The van der Waals surface area contributed by atoms with Crippen LogP contribution in [0.2, 0.25) is 5.02 Å². The molecule has 0 bridgehead atoms. The zero-order valence-corrected chi connectivity index (χ0v) is 12.7. The molecule has 108 valence electrons. The van der Waals surface area contributed by atoms with Gasteiger partial charge in [0, 0.05) is 18.2 Å². The first-order chi connectivity index (χ1) is 9.00. The Morgan fingerprint density at radius 3 is 2.74 bits per heavy atom. The van der Waals surface area contributed by atoms with E-state index in [0.717, 1.165) is 35.7 Å². The molecule has 0 aliphatic carbocycles. The van der Waals surface area contributed by atoms with Gasteiger partial charge in [-0.1, -0.05) is 23.7 Å². The lowest BCUT2D eigenvalue weighted by atomic mass is 10.1. The van der Waals surface area contributed by atoms with Crippen LogP contribution in [0.5, 0.6) is 0 Å². The van der Waals surface area contributed by atoms with Gasteiger partial charge in [-0.2, -0.15) is 0 Å². The van der Waals surface area contributed by atoms with Gasteiger partial charge in [-0.15, -0.1) is 0 Å². The van der Waals surface area contributed by atoms with Crippen molar-refractivity contribution in [2.45, 2.75) is 39.4 Å². The number of hydrogen-bond donors (Lipinski definition) is 2. The summed E-state index contributed by atoms with van der Waals surface area (Å²) >= 11 is 5.96. The van der Waals surface area contributed by atoms with E-state index >= 15 is 0 Å². The molecule has 4 heteroatoms. The zero-order chi connectivity index (χ0) is 14.3. The van der Waals surface area contributed by atoms with Crippen molar-refractivity contribution in [3.05, 3.63) is 34.3 Å². The quantitative estimate of drug-likeness (QED) is 0.721. The van der Waals surface area contributed by atoms with Crippen molar-refractivity contribution in [1.82, 2.24) is 5.32 Å². The van der Waals surface area contributed by atoms with Crippen LogP contribution in [0.15, 0.2) is 18.2 Å². The molecule has 1 aromatic carbocycles. The number of rotatable bonds is 8. The second-order valence-corrected chi connectivity index (χ2v) is 5.41. The van der Waals surface area contributed by atoms with Gasteiger partial charge >= 0.3 is 0 Å². The van der Waals surface area contributed by atoms with E-state index < -0.39 is 6.10 Å². The minimum absolute atomic E-state index is 0.280. The molecule has 0 radical (unpaired) electrons. The van der Waals surface area contributed by atoms with Crippen molar-refractivity contribution in [3.63, 3.8) is 0 Å². The molecule has 1 rings (SSSR count). The molecular formula is C15H24ClNO2. The third-order valence-electron chi connectivity index (χ3n) is 2.85. The molecule has 0 heterocycles. The van der Waals surface area contributed by atoms with Gasteiger partial charge in [0.1, 0.15) is 0 Å². The lowest BCUT2D eigenvalue weighted by Crippen LogP contribution is -2.23. The molecule has 0 aliphatic heterocycles. The van der Waals surface area contributed by atoms with Crippen LogP contribution in [-0.4, -0.2) is 30.9 Å². The molecule has 0 spiro atoms. The summed E-state index contributed by atoms with van der Waals surface area (Å²) in [6.07, 6.45) is 0.731. The van der Waals surface area contributed by atoms with E-state index in [4.69, 9.17) is 16.3 Å². The second kappa shape index (κ2) is 8.54. The second-order valence-electron chi connectivity index (χ2n) is 5.00. The average molecular weight is 286 g/mol. The monoisotopic (exact) mass is 285 g/mol. The smallest absolute Gasteiger partial charge is 0.0914 e. The van der Waals surface area contributed by atoms with Gasteiger partial charge in [-0.05, 0) is 50.9 Å². The number of hydrogen-bond acceptors (Lipinski definition) is 3. The molecule has 0 saturated heterocycles. The molecule has 1 atom stereocenters. The van der Waals surface area contributed by atoms with Crippen LogP contribution >= 0.6 is 11.6 Å². The predicted molar refractivity (Wildman–Crippen MR) is 79.7 cm³/mol. The molecule has 0 amide bonds. The Kier molecular flexibility index (Phi) is 7.39. The van der Waals surface area contributed by atoms with Crippen molar-refractivity contribution < 1.29 is 9.84 Å². The summed E-state index contributed by atoms with van der Waals surface area (Å²) in [5.74, 6) is 0. The van der Waals surface area contributed by atoms with Crippen LogP contribution in [0.25, 0.3) is 0 Å². The fourth-order valence-electron chi connectivity index (χ4n) is 1.75. The van der Waals surface area contributed by atoms with Crippen LogP contribution in [0.3, 0.4) is 0 Å². The highest BCUT2D eigenvalue weighted by Gasteiger charge is 2.08. The summed E-state index contributed by atoms with van der Waals surface area (Å²) in [6, 6.07) is 5.62. The Balaban J connectivity index is 2.23. The molecule has 1 aromatic rings. The summed E-state index contributed by atoms with van der Waals surface area (Å²) < 4.78 is 5.45. The van der Waals surface area contributed by atoms with E-state index in [1.807, 2.05) is 39.0 Å². The number of benzene rings is 1. The number of aryl methyl sites for hydroxylation is 1. The number of ether oxygens (including phenoxy) is 1. The molecule has 0 saturated carbocycles. The molecule has 0 aromatic heterocycles. The fraction of sp³-hybridized carbons (Fsp3) is 0.600. The number of aliphatic hydroxyl groups is 1. The molecule has 3 nitrogen and oxygen atoms in total. The van der Waals surface area contributed by atoms with E-state index in [1.165, 1.54) is 0 Å². The van der Waals surface area contributed by atoms with Crippen molar-refractivity contribution in [2.75, 3.05) is 19.7 Å². The van der Waals surface area contributed by atoms with E-state index in [2.05, 4.69) is 5.32 Å². The van der Waals surface area contributed by atoms with Gasteiger partial charge in [0.2, 0.25) is 0 Å². The van der Waals surface area contributed by atoms with Crippen molar-refractivity contribution >= 4 is 11.6 Å². The SMILES string of the molecule is Cc1cc(C(O)CNCCCOC(C)C)ccc1Cl. The number of nitrogens with one attached hydrogen (secondary N) is 1. The average Bonchev–Trinajstić information content (AvgIpc) is 2.36. The first-order valence-electron chi connectivity index (χ1n) is 6.77. The molecule has 1 unspecified atom stereocenters. The molecule has 19 heavy (non-hydrogen) atoms. The zero-order valence-electron chi connectivity index (χ0n) is 11.9. The minimum Gasteiger partial charge on any atom is -0.387 e. The van der Waals surface area contributed by atoms with E-state index in [0.29, 0.717) is 6.54 Å². The van der Waals surface area contributed by atoms with Crippen molar-refractivity contribution in [1.29, 1.82) is 0 Å². The number of aliphatic hydroxyl groups excluding tert-OH is 1. The normalized spacial score (nSPS) is 12.9. The third kappa shape index (κ3) is 6.39. The molecule has 0 fully saturated rings. The Bertz CT molecular complexity index is 382. The Morgan fingerprint density at radius 1 is 1.37 bits per heavy atom. The third-order valence-corrected chi connectivity index (χ3v) is 3.28. The van der Waals surface area contributed by atoms with Crippen molar-refractivity contribution in [3.8, 4) is 0 Å². The lowest BCUT2D eigenvalue weighted by Gasteiger charge is -2.13. The van der Waals surface area contributed by atoms with Crippen LogP contribution in [0, 0.1) is 6.92 Å². The highest BCUT2D eigenvalue weighted by Crippen LogP contribution is 2.20. The summed E-state index contributed by atoms with van der Waals surface area (Å²) in [6.45, 7) is 8.13. The van der Waals surface area contributed by atoms with Crippen LogP contribution < -0.4 is 5.32 Å². The van der Waals surface area contributed by atoms with Crippen LogP contribution in [-0.2, 0) is 4.74 Å². The van der Waals surface area contributed by atoms with Gasteiger partial charge in [0.15, 0.2) is 0 Å². The Hall–Kier alpha value is -0.610. The summed E-state index contributed by atoms with van der Waals surface area (Å²) in [5.41, 5.74) is 1.89. The fourth-order valence-corrected chi connectivity index (χ4v) is 1.87. The topological polar surface area (TPSA) is 41.5 Å². The highest BCUT2D eigenvalue weighted by molar-refractivity contribution is 6.31. The molecule has 0 aliphatic rings. The van der Waals surface area contributed by atoms with Gasteiger partial charge in [0.05, 0.1) is 12.2 Å². The van der Waals surface area contributed by atoms with Crippen LogP contribution in [0.4, 0.5) is 0 Å². The number of halogens is 1. The van der Waals surface area contributed by atoms with Gasteiger partial charge in [-0.25, -0.2) is 0 Å². The van der Waals surface area contributed by atoms with E-state index in [-0.39, 0.29) is 6.10 Å². The molecular weight excluding hydrogens is 262 g/mol. The first kappa shape index (κ1) is 16.4. The van der Waals surface area contributed by atoms with Crippen molar-refractivity contribution in [2.24, 2.45) is 0 Å². The van der Waals surface area contributed by atoms with Gasteiger partial charge in [-0.3, -0.25) is 0 Å².